The summed E-state index contributed by atoms with van der Waals surface area (Å²) in [6, 6.07) is 1.75. The number of nitriles is 1. The van der Waals surface area contributed by atoms with Crippen LogP contribution in [0.15, 0.2) is 0 Å². The molecule has 0 fully saturated rings. The second kappa shape index (κ2) is 8.19. The molecule has 0 aliphatic heterocycles. The molecule has 0 spiro atoms. The molecule has 6 nitrogen and oxygen atoms in total. The predicted octanol–water partition coefficient (Wildman–Crippen LogP) is -3.90. The second-order valence-corrected chi connectivity index (χ2v) is 4.04. The minimum Gasteiger partial charge on any atom is -0.333 e. The van der Waals surface area contributed by atoms with Gasteiger partial charge in [-0.1, -0.05) is 0 Å². The van der Waals surface area contributed by atoms with Crippen LogP contribution in [-0.2, 0) is 0 Å². The summed E-state index contributed by atoms with van der Waals surface area (Å²) >= 11 is 0. The van der Waals surface area contributed by atoms with Gasteiger partial charge in [-0.05, 0) is 0 Å². The van der Waals surface area contributed by atoms with Crippen LogP contribution in [-0.4, -0.2) is 32.7 Å². The van der Waals surface area contributed by atoms with Gasteiger partial charge in [0.1, 0.15) is 0 Å². The molecule has 0 amide bonds. The van der Waals surface area contributed by atoms with E-state index in [2.05, 4.69) is 28.2 Å². The van der Waals surface area contributed by atoms with Gasteiger partial charge in [-0.2, -0.15) is 5.26 Å². The van der Waals surface area contributed by atoms with E-state index >= 15 is 0 Å². The van der Waals surface area contributed by atoms with Crippen molar-refractivity contribution >= 4 is 0 Å². The van der Waals surface area contributed by atoms with Crippen LogP contribution < -0.4 is 18.6 Å². The molecule has 0 rings (SSSR count). The summed E-state index contributed by atoms with van der Waals surface area (Å²) < 4.78 is 35.0. The minimum absolute atomic E-state index is 1.00. The van der Waals surface area contributed by atoms with Gasteiger partial charge in [-0.15, -0.1) is 10.2 Å². The zero-order chi connectivity index (χ0) is 11.7. The van der Waals surface area contributed by atoms with E-state index in [4.69, 9.17) is 23.9 Å². The number of hydrogen-bond acceptors (Lipinski definition) is 5. The molecule has 7 heteroatoms. The first-order valence-corrected chi connectivity index (χ1v) is 4.36. The number of halogens is 1. The van der Waals surface area contributed by atoms with Crippen molar-refractivity contribution in [1.29, 1.82) is 5.26 Å². The summed E-state index contributed by atoms with van der Waals surface area (Å²) in [6.07, 6.45) is 0. The van der Waals surface area contributed by atoms with Crippen molar-refractivity contribution in [2.24, 2.45) is 0 Å². The topological polar surface area (TPSA) is 116 Å². The normalized spacial score (nSPS) is 9.85. The SMILES string of the molecule is CC#N.C[N+](C)(C)C.[O-][Cl+3]([O-])([O-])[O-]. The zero-order valence-corrected chi connectivity index (χ0v) is 9.16. The Morgan fingerprint density at radius 3 is 1.00 bits per heavy atom. The van der Waals surface area contributed by atoms with E-state index in [-0.39, 0.29) is 0 Å². The van der Waals surface area contributed by atoms with Gasteiger partial charge in [-0.25, -0.2) is 18.6 Å². The molecule has 0 aliphatic carbocycles. The number of rotatable bonds is 0. The smallest absolute Gasteiger partial charge is 0.0675 e. The lowest BCUT2D eigenvalue weighted by Crippen LogP contribution is -2.68. The number of hydrogen-bond donors (Lipinski definition) is 0. The average Bonchev–Trinajstić information content (AvgIpc) is 1.52. The molecule has 0 aromatic heterocycles. The van der Waals surface area contributed by atoms with Gasteiger partial charge in [0.25, 0.3) is 0 Å². The molecule has 0 heterocycles. The summed E-state index contributed by atoms with van der Waals surface area (Å²) in [5.41, 5.74) is 0. The highest BCUT2D eigenvalue weighted by molar-refractivity contribution is 4.51. The molecule has 0 saturated carbocycles. The Bertz CT molecular complexity index is 120. The molecule has 0 radical (unpaired) electrons. The quantitative estimate of drug-likeness (QED) is 0.382. The Hall–Kier alpha value is -0.420. The fourth-order valence-corrected chi connectivity index (χ4v) is 0. The maximum atomic E-state index is 8.49. The van der Waals surface area contributed by atoms with Crippen molar-refractivity contribution in [3.63, 3.8) is 0 Å². The maximum absolute atomic E-state index is 8.49. The summed E-state index contributed by atoms with van der Waals surface area (Å²) in [5.74, 6) is 0. The van der Waals surface area contributed by atoms with E-state index in [1.807, 2.05) is 0 Å². The maximum Gasteiger partial charge on any atom is 0.0675 e. The van der Waals surface area contributed by atoms with Gasteiger partial charge in [0.05, 0.1) is 34.3 Å². The molecule has 0 atom stereocenters. The molecule has 80 valence electrons. The molecule has 0 N–H and O–H groups in total. The highest BCUT2D eigenvalue weighted by atomic mass is 35.7. The highest BCUT2D eigenvalue weighted by Gasteiger charge is 1.88. The van der Waals surface area contributed by atoms with Crippen molar-refractivity contribution in [3.05, 3.63) is 0 Å². The van der Waals surface area contributed by atoms with E-state index in [1.165, 1.54) is 6.92 Å². The van der Waals surface area contributed by atoms with Gasteiger partial charge < -0.3 is 4.48 Å². The van der Waals surface area contributed by atoms with Gasteiger partial charge in [0, 0.05) is 6.92 Å². The summed E-state index contributed by atoms with van der Waals surface area (Å²) in [5, 5.41) is 7.32. The van der Waals surface area contributed by atoms with Crippen molar-refractivity contribution in [3.8, 4) is 6.07 Å². The van der Waals surface area contributed by atoms with Crippen LogP contribution in [0, 0.1) is 21.6 Å². The largest absolute Gasteiger partial charge is 0.333 e. The summed E-state index contributed by atoms with van der Waals surface area (Å²) in [6.45, 7) is 1.43. The molecule has 0 saturated heterocycles. The molecule has 0 unspecified atom stereocenters. The zero-order valence-electron chi connectivity index (χ0n) is 8.41. The first-order chi connectivity index (χ1) is 5.41. The van der Waals surface area contributed by atoms with Crippen LogP contribution in [0.2, 0.25) is 0 Å². The lowest BCUT2D eigenvalue weighted by Gasteiger charge is -2.17. The van der Waals surface area contributed by atoms with Crippen molar-refractivity contribution < 1.29 is 33.4 Å². The third-order valence-electron chi connectivity index (χ3n) is 0. The summed E-state index contributed by atoms with van der Waals surface area (Å²) in [4.78, 5) is 0. The van der Waals surface area contributed by atoms with Gasteiger partial charge >= 0.3 is 0 Å². The van der Waals surface area contributed by atoms with Gasteiger partial charge in [0.15, 0.2) is 0 Å². The summed E-state index contributed by atoms with van der Waals surface area (Å²) in [7, 11) is 3.56. The van der Waals surface area contributed by atoms with E-state index in [0.717, 1.165) is 4.48 Å². The molecule has 0 aromatic carbocycles. The van der Waals surface area contributed by atoms with Crippen LogP contribution in [0.25, 0.3) is 0 Å². The Morgan fingerprint density at radius 1 is 1.00 bits per heavy atom. The molecule has 0 aromatic rings. The molecule has 0 aliphatic rings. The Morgan fingerprint density at radius 2 is 1.00 bits per heavy atom. The minimum atomic E-state index is -4.94. The predicted molar refractivity (Wildman–Crippen MR) is 35.2 cm³/mol. The molecule has 0 bridgehead atoms. The van der Waals surface area contributed by atoms with Crippen molar-refractivity contribution in [2.75, 3.05) is 28.2 Å². The number of quaternary nitrogens is 1. The fraction of sp³-hybridized carbons (Fsp3) is 0.833. The Labute approximate surface area is 80.6 Å². The fourth-order valence-electron chi connectivity index (χ4n) is 0. The Balaban J connectivity index is -0.000000120. The van der Waals surface area contributed by atoms with Crippen LogP contribution in [0.5, 0.6) is 0 Å². The standard InChI is InChI=1S/C4H12N.C2H3N.ClHO4/c1-5(2,3)4;1-2-3;2-1(3,4)5/h1-4H3;1H3;(H,2,3,4,5)/q+1;;/p-1. The first kappa shape index (κ1) is 18.4. The van der Waals surface area contributed by atoms with E-state index in [1.54, 1.807) is 6.07 Å². The highest BCUT2D eigenvalue weighted by Crippen LogP contribution is 1.73. The average molecular weight is 215 g/mol. The molecular formula is C6H15ClN2O4. The third kappa shape index (κ3) is 6020. The van der Waals surface area contributed by atoms with E-state index in [0.29, 0.717) is 0 Å². The molecule has 13 heavy (non-hydrogen) atoms. The second-order valence-electron chi connectivity index (χ2n) is 3.28. The van der Waals surface area contributed by atoms with E-state index in [9.17, 15) is 0 Å². The lowest BCUT2D eigenvalue weighted by molar-refractivity contribution is -2.00. The third-order valence-corrected chi connectivity index (χ3v) is 0. The molecular weight excluding hydrogens is 200 g/mol. The van der Waals surface area contributed by atoms with Crippen LogP contribution in [0.3, 0.4) is 0 Å². The first-order valence-electron chi connectivity index (χ1n) is 3.13. The Kier molecular flexibility index (Phi) is 11.6. The van der Waals surface area contributed by atoms with Crippen molar-refractivity contribution in [2.45, 2.75) is 6.92 Å². The van der Waals surface area contributed by atoms with Crippen LogP contribution in [0.1, 0.15) is 6.92 Å². The monoisotopic (exact) mass is 214 g/mol. The lowest BCUT2D eigenvalue weighted by atomic mass is 10.8. The van der Waals surface area contributed by atoms with Crippen LogP contribution >= 0.6 is 0 Å². The van der Waals surface area contributed by atoms with Crippen LogP contribution in [0.4, 0.5) is 0 Å². The van der Waals surface area contributed by atoms with E-state index < -0.39 is 10.2 Å². The van der Waals surface area contributed by atoms with Gasteiger partial charge in [-0.3, -0.25) is 0 Å². The van der Waals surface area contributed by atoms with Gasteiger partial charge in [0.2, 0.25) is 0 Å². The number of nitrogens with zero attached hydrogens (tertiary/aromatic N) is 2. The van der Waals surface area contributed by atoms with Crippen molar-refractivity contribution in [1.82, 2.24) is 0 Å².